The second kappa shape index (κ2) is 3.50. The number of ketones is 1. The van der Waals surface area contributed by atoms with Gasteiger partial charge < -0.3 is 5.11 Å². The molecule has 0 fully saturated rings. The van der Waals surface area contributed by atoms with Crippen LogP contribution in [0.1, 0.15) is 47.0 Å². The fourth-order valence-corrected chi connectivity index (χ4v) is 1.87. The van der Waals surface area contributed by atoms with Crippen molar-refractivity contribution < 1.29 is 9.90 Å². The van der Waals surface area contributed by atoms with Crippen LogP contribution in [0.15, 0.2) is 11.6 Å². The molecule has 80 valence electrons. The molecule has 0 aliphatic heterocycles. The molecule has 0 aromatic carbocycles. The Hall–Kier alpha value is -0.630. The van der Waals surface area contributed by atoms with E-state index in [4.69, 9.17) is 0 Å². The van der Waals surface area contributed by atoms with Gasteiger partial charge in [-0.25, -0.2) is 0 Å². The summed E-state index contributed by atoms with van der Waals surface area (Å²) in [5, 5.41) is 9.66. The molecule has 0 unspecified atom stereocenters. The Morgan fingerprint density at radius 3 is 2.57 bits per heavy atom. The highest BCUT2D eigenvalue weighted by atomic mass is 16.3. The van der Waals surface area contributed by atoms with Crippen molar-refractivity contribution in [3.8, 4) is 0 Å². The molecule has 0 heterocycles. The Morgan fingerprint density at radius 2 is 2.07 bits per heavy atom. The number of allylic oxidation sites excluding steroid dienone is 1. The smallest absolute Gasteiger partial charge is 0.164 e. The van der Waals surface area contributed by atoms with E-state index in [2.05, 4.69) is 0 Å². The maximum absolute atomic E-state index is 11.9. The van der Waals surface area contributed by atoms with Crippen LogP contribution in [0.25, 0.3) is 0 Å². The third kappa shape index (κ3) is 2.68. The first-order chi connectivity index (χ1) is 6.22. The van der Waals surface area contributed by atoms with E-state index in [1.807, 2.05) is 19.9 Å². The lowest BCUT2D eigenvalue weighted by molar-refractivity contribution is -0.124. The number of hydrogen-bond donors (Lipinski definition) is 1. The molecule has 0 amide bonds. The van der Waals surface area contributed by atoms with Crippen LogP contribution < -0.4 is 0 Å². The lowest BCUT2D eigenvalue weighted by atomic mass is 9.74. The van der Waals surface area contributed by atoms with E-state index in [1.165, 1.54) is 0 Å². The van der Waals surface area contributed by atoms with E-state index < -0.39 is 5.60 Å². The van der Waals surface area contributed by atoms with Gasteiger partial charge in [0.15, 0.2) is 5.78 Å². The molecule has 0 saturated carbocycles. The Labute approximate surface area is 86.0 Å². The molecule has 0 aromatic rings. The first-order valence-electron chi connectivity index (χ1n) is 5.19. The summed E-state index contributed by atoms with van der Waals surface area (Å²) in [4.78, 5) is 11.9. The van der Waals surface area contributed by atoms with Crippen LogP contribution in [-0.2, 0) is 4.79 Å². The summed E-state index contributed by atoms with van der Waals surface area (Å²) in [7, 11) is 0. The quantitative estimate of drug-likeness (QED) is 0.736. The van der Waals surface area contributed by atoms with Crippen LogP contribution in [0, 0.1) is 5.41 Å². The fourth-order valence-electron chi connectivity index (χ4n) is 1.87. The molecule has 0 bridgehead atoms. The second-order valence-corrected chi connectivity index (χ2v) is 5.47. The third-order valence-electron chi connectivity index (χ3n) is 2.69. The van der Waals surface area contributed by atoms with Crippen molar-refractivity contribution in [2.45, 2.75) is 52.6 Å². The number of rotatable bonds is 2. The van der Waals surface area contributed by atoms with Gasteiger partial charge >= 0.3 is 0 Å². The molecule has 1 aliphatic carbocycles. The molecule has 0 saturated heterocycles. The van der Waals surface area contributed by atoms with Crippen molar-refractivity contribution in [3.05, 3.63) is 11.6 Å². The summed E-state index contributed by atoms with van der Waals surface area (Å²) in [5.74, 6) is 0.200. The molecule has 0 radical (unpaired) electrons. The Balaban J connectivity index is 2.81. The Morgan fingerprint density at radius 1 is 1.50 bits per heavy atom. The van der Waals surface area contributed by atoms with E-state index in [1.54, 1.807) is 13.8 Å². The van der Waals surface area contributed by atoms with E-state index >= 15 is 0 Å². The van der Waals surface area contributed by atoms with Gasteiger partial charge in [-0.1, -0.05) is 19.9 Å². The number of Topliss-reactive ketones (excluding diaryl/α,β-unsaturated/α-hetero) is 1. The first kappa shape index (κ1) is 11.4. The fraction of sp³-hybridized carbons (Fsp3) is 0.750. The van der Waals surface area contributed by atoms with Crippen LogP contribution in [0.5, 0.6) is 0 Å². The van der Waals surface area contributed by atoms with Gasteiger partial charge in [0.05, 0.1) is 5.60 Å². The number of aliphatic hydroxyl groups is 1. The molecule has 1 aliphatic rings. The van der Waals surface area contributed by atoms with Gasteiger partial charge in [0.25, 0.3) is 0 Å². The summed E-state index contributed by atoms with van der Waals surface area (Å²) in [6.45, 7) is 7.44. The molecular formula is C12H20O2. The van der Waals surface area contributed by atoms with Gasteiger partial charge in [-0.05, 0) is 32.3 Å². The highest BCUT2D eigenvalue weighted by molar-refractivity contribution is 6.00. The van der Waals surface area contributed by atoms with E-state index in [-0.39, 0.29) is 11.2 Å². The first-order valence-corrected chi connectivity index (χ1v) is 5.19. The van der Waals surface area contributed by atoms with Crippen molar-refractivity contribution >= 4 is 5.78 Å². The second-order valence-electron chi connectivity index (χ2n) is 5.47. The van der Waals surface area contributed by atoms with Gasteiger partial charge in [-0.2, -0.15) is 0 Å². The predicted molar refractivity (Wildman–Crippen MR) is 57.0 cm³/mol. The molecule has 2 heteroatoms. The summed E-state index contributed by atoms with van der Waals surface area (Å²) in [5.41, 5.74) is -0.224. The van der Waals surface area contributed by atoms with Crippen molar-refractivity contribution in [1.82, 2.24) is 0 Å². The van der Waals surface area contributed by atoms with Crippen molar-refractivity contribution in [1.29, 1.82) is 0 Å². The standard InChI is InChI=1S/C12H20O2/c1-11(2)7-5-6-9(10(11)13)8-12(3,4)14/h6,14H,5,7-8H2,1-4H3. The Bertz CT molecular complexity index is 267. The predicted octanol–water partition coefficient (Wildman–Crippen LogP) is 2.46. The van der Waals surface area contributed by atoms with E-state index in [0.717, 1.165) is 18.4 Å². The minimum atomic E-state index is -0.783. The summed E-state index contributed by atoms with van der Waals surface area (Å²) < 4.78 is 0. The topological polar surface area (TPSA) is 37.3 Å². The van der Waals surface area contributed by atoms with Gasteiger partial charge in [-0.15, -0.1) is 0 Å². The van der Waals surface area contributed by atoms with E-state index in [0.29, 0.717) is 6.42 Å². The molecule has 2 nitrogen and oxygen atoms in total. The molecule has 0 spiro atoms. The molecule has 0 atom stereocenters. The average Bonchev–Trinajstić information content (AvgIpc) is 1.96. The highest BCUT2D eigenvalue weighted by Gasteiger charge is 2.34. The molecule has 1 rings (SSSR count). The van der Waals surface area contributed by atoms with Crippen LogP contribution in [0.2, 0.25) is 0 Å². The molecule has 14 heavy (non-hydrogen) atoms. The average molecular weight is 196 g/mol. The maximum atomic E-state index is 11.9. The zero-order valence-electron chi connectivity index (χ0n) is 9.55. The van der Waals surface area contributed by atoms with Crippen molar-refractivity contribution in [2.75, 3.05) is 0 Å². The third-order valence-corrected chi connectivity index (χ3v) is 2.69. The molecular weight excluding hydrogens is 176 g/mol. The number of hydrogen-bond acceptors (Lipinski definition) is 2. The van der Waals surface area contributed by atoms with Gasteiger partial charge in [0, 0.05) is 11.8 Å². The van der Waals surface area contributed by atoms with Crippen LogP contribution >= 0.6 is 0 Å². The van der Waals surface area contributed by atoms with Crippen molar-refractivity contribution in [2.24, 2.45) is 5.41 Å². The maximum Gasteiger partial charge on any atom is 0.164 e. The van der Waals surface area contributed by atoms with Crippen LogP contribution in [0.4, 0.5) is 0 Å². The lowest BCUT2D eigenvalue weighted by Gasteiger charge is -2.30. The van der Waals surface area contributed by atoms with E-state index in [9.17, 15) is 9.90 Å². The summed E-state index contributed by atoms with van der Waals surface area (Å²) in [6.07, 6.45) is 4.31. The van der Waals surface area contributed by atoms with Crippen LogP contribution in [0.3, 0.4) is 0 Å². The zero-order valence-corrected chi connectivity index (χ0v) is 9.55. The van der Waals surface area contributed by atoms with Crippen LogP contribution in [-0.4, -0.2) is 16.5 Å². The monoisotopic (exact) mass is 196 g/mol. The summed E-state index contributed by atoms with van der Waals surface area (Å²) >= 11 is 0. The van der Waals surface area contributed by atoms with Gasteiger partial charge in [0.1, 0.15) is 0 Å². The molecule has 1 N–H and O–H groups in total. The van der Waals surface area contributed by atoms with Gasteiger partial charge in [-0.3, -0.25) is 4.79 Å². The molecule has 0 aromatic heterocycles. The number of carbonyl (C=O) groups excluding carboxylic acids is 1. The Kier molecular flexibility index (Phi) is 2.86. The van der Waals surface area contributed by atoms with Crippen molar-refractivity contribution in [3.63, 3.8) is 0 Å². The highest BCUT2D eigenvalue weighted by Crippen LogP contribution is 2.34. The minimum Gasteiger partial charge on any atom is -0.390 e. The zero-order chi connectivity index (χ0) is 11.0. The SMILES string of the molecule is CC(C)(O)CC1=CCCC(C)(C)C1=O. The number of carbonyl (C=O) groups is 1. The minimum absolute atomic E-state index is 0.200. The lowest BCUT2D eigenvalue weighted by Crippen LogP contribution is -2.32. The summed E-state index contributed by atoms with van der Waals surface area (Å²) in [6, 6.07) is 0. The largest absolute Gasteiger partial charge is 0.390 e. The van der Waals surface area contributed by atoms with Gasteiger partial charge in [0.2, 0.25) is 0 Å². The normalized spacial score (nSPS) is 22.1.